The number of alkyl halides is 3. The fourth-order valence-corrected chi connectivity index (χ4v) is 12.2. The summed E-state index contributed by atoms with van der Waals surface area (Å²) in [6, 6.07) is 0. The first-order valence-electron chi connectivity index (χ1n) is 9.60. The Balaban J connectivity index is 0.000000502. The first kappa shape index (κ1) is 27.6. The van der Waals surface area contributed by atoms with Crippen LogP contribution < -0.4 is 0 Å². The van der Waals surface area contributed by atoms with Gasteiger partial charge in [-0.3, -0.25) is 0 Å². The summed E-state index contributed by atoms with van der Waals surface area (Å²) in [5, 5.41) is 9.36. The number of rotatable bonds is 6. The molecule has 1 saturated carbocycles. The van der Waals surface area contributed by atoms with Gasteiger partial charge in [0.1, 0.15) is 0 Å². The van der Waals surface area contributed by atoms with Crippen LogP contribution in [-0.4, -0.2) is 37.5 Å². The zero-order valence-electron chi connectivity index (χ0n) is 18.5. The molecular weight excluding hydrogens is 512 g/mol. The predicted octanol–water partition coefficient (Wildman–Crippen LogP) is 7.74. The maximum Gasteiger partial charge on any atom is 0.178 e. The number of aliphatic hydroxyl groups excluding tert-OH is 1. The fraction of sp³-hybridized carbons (Fsp3) is 1.00. The summed E-state index contributed by atoms with van der Waals surface area (Å²) in [5.41, 5.74) is 0. The van der Waals surface area contributed by atoms with E-state index in [9.17, 15) is 0 Å². The van der Waals surface area contributed by atoms with Gasteiger partial charge in [0.2, 0.25) is 0 Å². The second kappa shape index (κ2) is 9.61. The van der Waals surface area contributed by atoms with Gasteiger partial charge in [-0.05, 0) is 60.9 Å². The van der Waals surface area contributed by atoms with Gasteiger partial charge >= 0.3 is 0 Å². The lowest BCUT2D eigenvalue weighted by molar-refractivity contribution is 0.276. The molecule has 2 unspecified atom stereocenters. The number of halogens is 3. The van der Waals surface area contributed by atoms with Crippen LogP contribution in [0.4, 0.5) is 0 Å². The van der Waals surface area contributed by atoms with Crippen LogP contribution >= 0.6 is 43.5 Å². The maximum absolute atomic E-state index is 8.72. The molecule has 0 aromatic carbocycles. The molecular formula is C19H41Br2ClO2Si2. The molecule has 1 aliphatic carbocycles. The Kier molecular flexibility index (Phi) is 10.2. The molecule has 0 radical (unpaired) electrons. The van der Waals surface area contributed by atoms with Crippen LogP contribution in [0.5, 0.6) is 0 Å². The van der Waals surface area contributed by atoms with Crippen molar-refractivity contribution in [2.45, 2.75) is 93.9 Å². The molecule has 158 valence electrons. The lowest BCUT2D eigenvalue weighted by Crippen LogP contribution is -2.53. The first-order chi connectivity index (χ1) is 11.3. The molecule has 0 spiro atoms. The van der Waals surface area contributed by atoms with Crippen molar-refractivity contribution in [3.05, 3.63) is 0 Å². The Morgan fingerprint density at radius 2 is 1.23 bits per heavy atom. The van der Waals surface area contributed by atoms with E-state index in [0.717, 1.165) is 12.8 Å². The molecule has 0 aromatic heterocycles. The van der Waals surface area contributed by atoms with Crippen molar-refractivity contribution in [3.8, 4) is 0 Å². The van der Waals surface area contributed by atoms with Gasteiger partial charge in [0.25, 0.3) is 0 Å². The molecule has 0 amide bonds. The molecule has 1 N–H and O–H groups in total. The lowest BCUT2D eigenvalue weighted by atomic mass is 10.2. The van der Waals surface area contributed by atoms with Gasteiger partial charge < -0.3 is 9.22 Å². The summed E-state index contributed by atoms with van der Waals surface area (Å²) >= 11 is 12.8. The van der Waals surface area contributed by atoms with Gasteiger partial charge in [-0.2, -0.15) is 0 Å². The molecule has 0 saturated heterocycles. The highest BCUT2D eigenvalue weighted by Gasteiger charge is 2.60. The van der Waals surface area contributed by atoms with Crippen molar-refractivity contribution < 1.29 is 9.22 Å². The second-order valence-corrected chi connectivity index (χ2v) is 24.4. The van der Waals surface area contributed by atoms with Gasteiger partial charge in [-0.15, -0.1) is 11.6 Å². The minimum atomic E-state index is -1.59. The third-order valence-electron chi connectivity index (χ3n) is 6.35. The quantitative estimate of drug-likeness (QED) is 0.270. The summed E-state index contributed by atoms with van der Waals surface area (Å²) in [7, 11) is -3.18. The molecule has 26 heavy (non-hydrogen) atoms. The number of hydrogen-bond acceptors (Lipinski definition) is 2. The van der Waals surface area contributed by atoms with Crippen LogP contribution in [0.15, 0.2) is 0 Å². The monoisotopic (exact) mass is 550 g/mol. The smallest absolute Gasteiger partial charge is 0.178 e. The van der Waals surface area contributed by atoms with E-state index in [1.165, 1.54) is 0 Å². The Morgan fingerprint density at radius 3 is 1.50 bits per heavy atom. The summed E-state index contributed by atoms with van der Waals surface area (Å²) in [6.45, 7) is 23.6. The average molecular weight is 553 g/mol. The predicted molar refractivity (Wildman–Crippen MR) is 130 cm³/mol. The van der Waals surface area contributed by atoms with Gasteiger partial charge in [-0.25, -0.2) is 0 Å². The molecule has 1 fully saturated rings. The average Bonchev–Trinajstić information content (AvgIpc) is 2.88. The van der Waals surface area contributed by atoms with E-state index < -0.39 is 16.6 Å². The van der Waals surface area contributed by atoms with Crippen molar-refractivity contribution in [1.29, 1.82) is 0 Å². The molecule has 0 bridgehead atoms. The highest BCUT2D eigenvalue weighted by atomic mass is 79.9. The van der Waals surface area contributed by atoms with Gasteiger partial charge in [0.15, 0.2) is 16.6 Å². The van der Waals surface area contributed by atoms with E-state index in [0.29, 0.717) is 27.8 Å². The van der Waals surface area contributed by atoms with Gasteiger partial charge in [-0.1, -0.05) is 73.4 Å². The van der Waals surface area contributed by atoms with Crippen molar-refractivity contribution >= 4 is 60.1 Å². The third kappa shape index (κ3) is 7.45. The SMILES string of the molecule is CC(C)(C)[Si](C)(C)O[Si](C)(C)C(C)(C)C.OCCC1C(CCCl)C1(Br)Br. The van der Waals surface area contributed by atoms with Crippen LogP contribution in [0.2, 0.25) is 36.3 Å². The summed E-state index contributed by atoms with van der Waals surface area (Å²) in [6.07, 6.45) is 1.88. The number of hydrogen-bond donors (Lipinski definition) is 1. The highest BCUT2D eigenvalue weighted by molar-refractivity contribution is 9.25. The van der Waals surface area contributed by atoms with Crippen LogP contribution in [0.1, 0.15) is 54.4 Å². The van der Waals surface area contributed by atoms with Crippen LogP contribution in [0, 0.1) is 11.8 Å². The van der Waals surface area contributed by atoms with Crippen LogP contribution in [-0.2, 0) is 4.12 Å². The standard InChI is InChI=1S/C12H30OSi2.C7H11Br2ClO/c1-11(2,3)14(7,8)13-15(9,10)12(4,5)6;8-7(9)5(1-3-10)6(7)2-4-11/h1-10H3;5-6,11H,1-4H2. The zero-order chi connectivity index (χ0) is 21.2. The number of aliphatic hydroxyl groups is 1. The summed E-state index contributed by atoms with van der Waals surface area (Å²) < 4.78 is 6.70. The zero-order valence-corrected chi connectivity index (χ0v) is 24.4. The van der Waals surface area contributed by atoms with Crippen LogP contribution in [0.3, 0.4) is 0 Å². The molecule has 0 aliphatic heterocycles. The van der Waals surface area contributed by atoms with E-state index in [-0.39, 0.29) is 9.84 Å². The van der Waals surface area contributed by atoms with E-state index in [1.54, 1.807) is 0 Å². The lowest BCUT2D eigenvalue weighted by Gasteiger charge is -2.47. The van der Waals surface area contributed by atoms with E-state index >= 15 is 0 Å². The molecule has 2 nitrogen and oxygen atoms in total. The normalized spacial score (nSPS) is 23.3. The molecule has 2 atom stereocenters. The van der Waals surface area contributed by atoms with E-state index in [4.69, 9.17) is 20.8 Å². The molecule has 0 aromatic rings. The van der Waals surface area contributed by atoms with Crippen molar-refractivity contribution in [3.63, 3.8) is 0 Å². The minimum absolute atomic E-state index is 0.0671. The Bertz CT molecular complexity index is 406. The van der Waals surface area contributed by atoms with Gasteiger partial charge in [0.05, 0.1) is 3.23 Å². The molecule has 0 heterocycles. The van der Waals surface area contributed by atoms with Crippen LogP contribution in [0.25, 0.3) is 0 Å². The highest BCUT2D eigenvalue weighted by Crippen LogP contribution is 2.64. The molecule has 1 rings (SSSR count). The van der Waals surface area contributed by atoms with Crippen molar-refractivity contribution in [2.24, 2.45) is 11.8 Å². The summed E-state index contributed by atoms with van der Waals surface area (Å²) in [4.78, 5) is 0. The molecule has 1 aliphatic rings. The second-order valence-electron chi connectivity index (χ2n) is 10.5. The van der Waals surface area contributed by atoms with Crippen molar-refractivity contribution in [2.75, 3.05) is 12.5 Å². The maximum atomic E-state index is 8.72. The Labute approximate surface area is 186 Å². The largest absolute Gasteiger partial charge is 0.455 e. The molecule has 7 heteroatoms. The van der Waals surface area contributed by atoms with E-state index in [1.807, 2.05) is 0 Å². The third-order valence-corrected chi connectivity index (χ3v) is 20.2. The fourth-order valence-electron chi connectivity index (χ4n) is 2.45. The van der Waals surface area contributed by atoms with Crippen molar-refractivity contribution in [1.82, 2.24) is 0 Å². The Hall–Kier alpha value is 1.60. The summed E-state index contributed by atoms with van der Waals surface area (Å²) in [5.74, 6) is 1.84. The Morgan fingerprint density at radius 1 is 0.885 bits per heavy atom. The topological polar surface area (TPSA) is 29.5 Å². The minimum Gasteiger partial charge on any atom is -0.455 e. The first-order valence-corrected chi connectivity index (χ1v) is 17.5. The van der Waals surface area contributed by atoms with Gasteiger partial charge in [0, 0.05) is 12.5 Å². The van der Waals surface area contributed by atoms with E-state index in [2.05, 4.69) is 99.6 Å².